The lowest BCUT2D eigenvalue weighted by Gasteiger charge is -2.29. The maximum atomic E-state index is 12.3. The quantitative estimate of drug-likeness (QED) is 0.281. The number of pyridine rings is 1. The molecule has 0 radical (unpaired) electrons. The molecule has 0 unspecified atom stereocenters. The number of hydrogen-bond donors (Lipinski definition) is 2. The van der Waals surface area contributed by atoms with Crippen LogP contribution in [0.3, 0.4) is 0 Å². The van der Waals surface area contributed by atoms with E-state index in [-0.39, 0.29) is 23.9 Å². The maximum Gasteiger partial charge on any atom is 0.226 e. The third-order valence-electron chi connectivity index (χ3n) is 7.10. The molecule has 0 spiro atoms. The summed E-state index contributed by atoms with van der Waals surface area (Å²) >= 11 is 5.94. The van der Waals surface area contributed by atoms with Crippen molar-refractivity contribution in [2.75, 3.05) is 29.2 Å². The fraction of sp³-hybridized carbons (Fsp3) is 0.258. The summed E-state index contributed by atoms with van der Waals surface area (Å²) < 4.78 is 2.22. The topological polar surface area (TPSA) is 65.4 Å². The third kappa shape index (κ3) is 5.25. The minimum Gasteiger partial charge on any atom is -0.378 e. The zero-order valence-corrected chi connectivity index (χ0v) is 23.7. The first-order valence-corrected chi connectivity index (χ1v) is 13.5. The van der Waals surface area contributed by atoms with E-state index in [0.29, 0.717) is 5.11 Å². The molecule has 0 saturated carbocycles. The van der Waals surface area contributed by atoms with Crippen molar-refractivity contribution < 1.29 is 4.79 Å². The van der Waals surface area contributed by atoms with Gasteiger partial charge < -0.3 is 25.0 Å². The normalized spacial score (nSPS) is 16.9. The van der Waals surface area contributed by atoms with Crippen LogP contribution in [0.5, 0.6) is 0 Å². The molecule has 5 rings (SSSR count). The molecule has 2 atom stereocenters. The number of rotatable bonds is 7. The van der Waals surface area contributed by atoms with Crippen molar-refractivity contribution in [2.24, 2.45) is 5.92 Å². The number of amides is 1. The van der Waals surface area contributed by atoms with Gasteiger partial charge in [-0.2, -0.15) is 0 Å². The van der Waals surface area contributed by atoms with Gasteiger partial charge >= 0.3 is 0 Å². The molecule has 2 aromatic carbocycles. The number of aromatic nitrogens is 2. The Bertz CT molecular complexity index is 1480. The summed E-state index contributed by atoms with van der Waals surface area (Å²) in [6.07, 6.45) is 3.90. The van der Waals surface area contributed by atoms with Gasteiger partial charge in [0.15, 0.2) is 5.11 Å². The van der Waals surface area contributed by atoms with Gasteiger partial charge in [0.2, 0.25) is 5.91 Å². The van der Waals surface area contributed by atoms with E-state index in [4.69, 9.17) is 12.2 Å². The van der Waals surface area contributed by atoms with Crippen LogP contribution in [0.1, 0.15) is 42.9 Å². The van der Waals surface area contributed by atoms with Crippen molar-refractivity contribution in [2.45, 2.75) is 32.9 Å². The molecule has 1 fully saturated rings. The van der Waals surface area contributed by atoms with Gasteiger partial charge in [-0.15, -0.1) is 0 Å². The summed E-state index contributed by atoms with van der Waals surface area (Å²) in [7, 11) is 4.08. The van der Waals surface area contributed by atoms with E-state index < -0.39 is 0 Å². The van der Waals surface area contributed by atoms with Gasteiger partial charge in [-0.3, -0.25) is 9.78 Å². The Balaban J connectivity index is 1.58. The number of carbonyl (C=O) groups excluding carboxylic acids is 1. The van der Waals surface area contributed by atoms with E-state index in [1.54, 1.807) is 0 Å². The van der Waals surface area contributed by atoms with Crippen LogP contribution in [0.2, 0.25) is 0 Å². The Labute approximate surface area is 235 Å². The Kier molecular flexibility index (Phi) is 7.39. The van der Waals surface area contributed by atoms with Crippen LogP contribution in [0.25, 0.3) is 5.69 Å². The van der Waals surface area contributed by atoms with E-state index in [1.165, 1.54) is 0 Å². The molecule has 1 aliphatic heterocycles. The molecule has 39 heavy (non-hydrogen) atoms. The van der Waals surface area contributed by atoms with Gasteiger partial charge in [0, 0.05) is 60.9 Å². The standard InChI is InChI=1S/C31H34N6OS/c1-20(2)30(38)33-25-16-15-24(19-21(25)3)37-29(28(34-31(37)39)26-9-6-7-17-32-26)27-10-8-18-36(27)23-13-11-22(12-14-23)35(4)5/h6-20,28-29H,1-5H3,(H,33,38)(H,34,39)/t28-,29-/m0/s1. The van der Waals surface area contributed by atoms with Crippen LogP contribution < -0.4 is 20.4 Å². The van der Waals surface area contributed by atoms with Crippen LogP contribution >= 0.6 is 12.2 Å². The van der Waals surface area contributed by atoms with Gasteiger partial charge in [-0.1, -0.05) is 19.9 Å². The molecule has 7 nitrogen and oxygen atoms in total. The predicted octanol–water partition coefficient (Wildman–Crippen LogP) is 6.02. The molecular weight excluding hydrogens is 504 g/mol. The zero-order chi connectivity index (χ0) is 27.7. The molecule has 3 heterocycles. The first kappa shape index (κ1) is 26.4. The lowest BCUT2D eigenvalue weighted by atomic mass is 10.00. The number of nitrogens with one attached hydrogen (secondary N) is 2. The third-order valence-corrected chi connectivity index (χ3v) is 7.41. The highest BCUT2D eigenvalue weighted by molar-refractivity contribution is 7.80. The number of thiocarbonyl (C=S) groups is 1. The molecule has 1 amide bonds. The molecule has 0 aliphatic carbocycles. The summed E-state index contributed by atoms with van der Waals surface area (Å²) in [5.74, 6) is -0.0991. The fourth-order valence-electron chi connectivity index (χ4n) is 4.93. The molecule has 1 saturated heterocycles. The average Bonchev–Trinajstić information content (AvgIpc) is 3.54. The Hall–Kier alpha value is -4.17. The van der Waals surface area contributed by atoms with Gasteiger partial charge in [0.1, 0.15) is 6.04 Å². The van der Waals surface area contributed by atoms with Crippen molar-refractivity contribution in [1.82, 2.24) is 14.9 Å². The minimum absolute atomic E-state index is 0.00425. The van der Waals surface area contributed by atoms with Gasteiger partial charge in [0.05, 0.1) is 11.7 Å². The summed E-state index contributed by atoms with van der Waals surface area (Å²) in [4.78, 5) is 21.3. The average molecular weight is 539 g/mol. The lowest BCUT2D eigenvalue weighted by molar-refractivity contribution is -0.118. The first-order chi connectivity index (χ1) is 18.7. The molecule has 1 aliphatic rings. The fourth-order valence-corrected chi connectivity index (χ4v) is 5.28. The van der Waals surface area contributed by atoms with E-state index in [2.05, 4.69) is 78.6 Å². The molecule has 200 valence electrons. The molecular formula is C31H34N6OS. The number of nitrogens with zero attached hydrogens (tertiary/aromatic N) is 4. The summed E-state index contributed by atoms with van der Waals surface area (Å²) in [6.45, 7) is 5.78. The lowest BCUT2D eigenvalue weighted by Crippen LogP contribution is -2.30. The number of carbonyl (C=O) groups is 1. The number of hydrogen-bond acceptors (Lipinski definition) is 4. The second kappa shape index (κ2) is 10.9. The van der Waals surface area contributed by atoms with Gasteiger partial charge in [-0.25, -0.2) is 0 Å². The van der Waals surface area contributed by atoms with E-state index in [9.17, 15) is 4.79 Å². The number of aryl methyl sites for hydroxylation is 1. The van der Waals surface area contributed by atoms with Crippen LogP contribution in [-0.2, 0) is 4.79 Å². The van der Waals surface area contributed by atoms with Crippen LogP contribution in [-0.4, -0.2) is 34.7 Å². The highest BCUT2D eigenvalue weighted by Crippen LogP contribution is 2.43. The van der Waals surface area contributed by atoms with Crippen molar-refractivity contribution in [1.29, 1.82) is 0 Å². The molecule has 4 aromatic rings. The molecule has 2 aromatic heterocycles. The summed E-state index contributed by atoms with van der Waals surface area (Å²) in [5.41, 5.74) is 6.94. The van der Waals surface area contributed by atoms with Gasteiger partial charge in [0.25, 0.3) is 0 Å². The van der Waals surface area contributed by atoms with Crippen molar-refractivity contribution in [3.05, 3.63) is 102 Å². The summed E-state index contributed by atoms with van der Waals surface area (Å²) in [5, 5.41) is 7.21. The van der Waals surface area contributed by atoms with Gasteiger partial charge in [-0.05, 0) is 91.4 Å². The summed E-state index contributed by atoms with van der Waals surface area (Å²) in [6, 6.07) is 24.4. The highest BCUT2D eigenvalue weighted by atomic mass is 32.1. The van der Waals surface area contributed by atoms with E-state index >= 15 is 0 Å². The van der Waals surface area contributed by atoms with Crippen molar-refractivity contribution in [3.63, 3.8) is 0 Å². The van der Waals surface area contributed by atoms with Crippen LogP contribution in [0.15, 0.2) is 85.2 Å². The monoisotopic (exact) mass is 538 g/mol. The highest BCUT2D eigenvalue weighted by Gasteiger charge is 2.42. The maximum absolute atomic E-state index is 12.3. The first-order valence-electron chi connectivity index (χ1n) is 13.1. The second-order valence-corrected chi connectivity index (χ2v) is 10.7. The number of anilines is 3. The molecule has 2 N–H and O–H groups in total. The largest absolute Gasteiger partial charge is 0.378 e. The Morgan fingerprint density at radius 3 is 2.41 bits per heavy atom. The predicted molar refractivity (Wildman–Crippen MR) is 163 cm³/mol. The Morgan fingerprint density at radius 1 is 1.03 bits per heavy atom. The zero-order valence-electron chi connectivity index (χ0n) is 22.9. The Morgan fingerprint density at radius 2 is 1.77 bits per heavy atom. The van der Waals surface area contributed by atoms with E-state index in [1.807, 2.05) is 71.4 Å². The molecule has 0 bridgehead atoms. The molecule has 8 heteroatoms. The number of benzene rings is 2. The second-order valence-electron chi connectivity index (χ2n) is 10.4. The van der Waals surface area contributed by atoms with Crippen LogP contribution in [0, 0.1) is 12.8 Å². The van der Waals surface area contributed by atoms with E-state index in [0.717, 1.165) is 39.7 Å². The van der Waals surface area contributed by atoms with Crippen molar-refractivity contribution in [3.8, 4) is 5.69 Å². The minimum atomic E-state index is -0.161. The van der Waals surface area contributed by atoms with Crippen molar-refractivity contribution >= 4 is 40.3 Å². The van der Waals surface area contributed by atoms with Crippen LogP contribution in [0.4, 0.5) is 17.1 Å². The smallest absolute Gasteiger partial charge is 0.226 e. The SMILES string of the molecule is Cc1cc(N2C(=S)N[C@@H](c3ccccn3)[C@@H]2c2cccn2-c2ccc(N(C)C)cc2)ccc1NC(=O)C(C)C.